The van der Waals surface area contributed by atoms with Gasteiger partial charge in [-0.3, -0.25) is 9.59 Å². The van der Waals surface area contributed by atoms with E-state index in [1.165, 1.54) is 0 Å². The molecule has 1 aromatic heterocycles. The van der Waals surface area contributed by atoms with Gasteiger partial charge in [-0.15, -0.1) is 0 Å². The summed E-state index contributed by atoms with van der Waals surface area (Å²) in [5, 5.41) is 16.7. The number of carbonyl (C=O) groups is 2. The number of benzene rings is 1. The van der Waals surface area contributed by atoms with Crippen molar-refractivity contribution in [2.24, 2.45) is 5.92 Å². The molecule has 6 heteroatoms. The van der Waals surface area contributed by atoms with E-state index >= 15 is 0 Å². The highest BCUT2D eigenvalue weighted by atomic mass is 16.4. The van der Waals surface area contributed by atoms with Crippen LogP contribution in [0.4, 0.5) is 0 Å². The number of amides is 1. The topological polar surface area (TPSA) is 84.2 Å². The van der Waals surface area contributed by atoms with E-state index in [4.69, 9.17) is 5.11 Å². The summed E-state index contributed by atoms with van der Waals surface area (Å²) in [6.07, 6.45) is 6.52. The molecular formula is C20H23N3O3. The summed E-state index contributed by atoms with van der Waals surface area (Å²) in [6, 6.07) is 9.93. The van der Waals surface area contributed by atoms with E-state index in [-0.39, 0.29) is 17.9 Å². The fourth-order valence-corrected chi connectivity index (χ4v) is 3.81. The molecule has 2 fully saturated rings. The first-order valence-corrected chi connectivity index (χ1v) is 9.30. The lowest BCUT2D eigenvalue weighted by Gasteiger charge is -2.26. The number of para-hydroxylation sites is 1. The first-order valence-electron chi connectivity index (χ1n) is 9.30. The lowest BCUT2D eigenvalue weighted by Crippen LogP contribution is -2.39. The van der Waals surface area contributed by atoms with E-state index in [0.29, 0.717) is 37.2 Å². The molecule has 0 spiro atoms. The van der Waals surface area contributed by atoms with Crippen molar-refractivity contribution in [2.75, 3.05) is 0 Å². The Kier molecular flexibility index (Phi) is 4.49. The molecule has 26 heavy (non-hydrogen) atoms. The summed E-state index contributed by atoms with van der Waals surface area (Å²) in [6.45, 7) is 0. The molecule has 0 aliphatic heterocycles. The molecule has 2 aromatic rings. The van der Waals surface area contributed by atoms with Crippen LogP contribution in [-0.2, 0) is 4.79 Å². The van der Waals surface area contributed by atoms with Crippen molar-refractivity contribution in [1.29, 1.82) is 0 Å². The Morgan fingerprint density at radius 1 is 1.04 bits per heavy atom. The predicted molar refractivity (Wildman–Crippen MR) is 96.4 cm³/mol. The van der Waals surface area contributed by atoms with E-state index in [1.54, 1.807) is 6.20 Å². The molecule has 2 saturated carbocycles. The van der Waals surface area contributed by atoms with Gasteiger partial charge in [0.2, 0.25) is 0 Å². The maximum absolute atomic E-state index is 12.8. The summed E-state index contributed by atoms with van der Waals surface area (Å²) in [5.74, 6) is -0.699. The molecule has 1 amide bonds. The number of nitrogens with zero attached hydrogens (tertiary/aromatic N) is 2. The molecule has 2 N–H and O–H groups in total. The molecule has 1 heterocycles. The van der Waals surface area contributed by atoms with Crippen molar-refractivity contribution < 1.29 is 14.7 Å². The monoisotopic (exact) mass is 353 g/mol. The van der Waals surface area contributed by atoms with Crippen LogP contribution in [-0.4, -0.2) is 32.8 Å². The van der Waals surface area contributed by atoms with Gasteiger partial charge in [-0.1, -0.05) is 18.2 Å². The minimum absolute atomic E-state index is 0.0465. The molecule has 0 radical (unpaired) electrons. The second-order valence-electron chi connectivity index (χ2n) is 7.33. The SMILES string of the molecule is O=C(NC1CCC(C(=O)O)CC1)c1cnn(-c2ccccc2)c1C1CC1. The van der Waals surface area contributed by atoms with Crippen LogP contribution in [0.2, 0.25) is 0 Å². The van der Waals surface area contributed by atoms with Crippen LogP contribution in [0, 0.1) is 5.92 Å². The molecule has 6 nitrogen and oxygen atoms in total. The first-order chi connectivity index (χ1) is 12.6. The second-order valence-corrected chi connectivity index (χ2v) is 7.33. The quantitative estimate of drug-likeness (QED) is 0.865. The van der Waals surface area contributed by atoms with Gasteiger partial charge in [-0.25, -0.2) is 4.68 Å². The third kappa shape index (κ3) is 3.36. The Balaban J connectivity index is 1.50. The van der Waals surface area contributed by atoms with Crippen molar-refractivity contribution >= 4 is 11.9 Å². The summed E-state index contributed by atoms with van der Waals surface area (Å²) in [5.41, 5.74) is 2.61. The number of aliphatic carboxylic acids is 1. The number of hydrogen-bond donors (Lipinski definition) is 2. The van der Waals surface area contributed by atoms with Gasteiger partial charge in [-0.05, 0) is 50.7 Å². The molecule has 0 unspecified atom stereocenters. The molecular weight excluding hydrogens is 330 g/mol. The Morgan fingerprint density at radius 2 is 1.73 bits per heavy atom. The summed E-state index contributed by atoms with van der Waals surface area (Å²) in [4.78, 5) is 23.9. The van der Waals surface area contributed by atoms with E-state index in [0.717, 1.165) is 24.2 Å². The highest BCUT2D eigenvalue weighted by molar-refractivity contribution is 5.95. The van der Waals surface area contributed by atoms with E-state index in [9.17, 15) is 9.59 Å². The largest absolute Gasteiger partial charge is 0.481 e. The zero-order valence-corrected chi connectivity index (χ0v) is 14.6. The lowest BCUT2D eigenvalue weighted by atomic mass is 9.86. The van der Waals surface area contributed by atoms with Gasteiger partial charge in [0.1, 0.15) is 0 Å². The average Bonchev–Trinajstić information content (AvgIpc) is 3.40. The highest BCUT2D eigenvalue weighted by Crippen LogP contribution is 2.42. The summed E-state index contributed by atoms with van der Waals surface area (Å²) >= 11 is 0. The van der Waals surface area contributed by atoms with Crippen molar-refractivity contribution in [3.05, 3.63) is 47.8 Å². The Hall–Kier alpha value is -2.63. The first kappa shape index (κ1) is 16.8. The normalized spacial score (nSPS) is 22.8. The molecule has 136 valence electrons. The van der Waals surface area contributed by atoms with Gasteiger partial charge >= 0.3 is 5.97 Å². The maximum atomic E-state index is 12.8. The molecule has 0 saturated heterocycles. The van der Waals surface area contributed by atoms with Crippen LogP contribution in [0.1, 0.15) is 60.5 Å². The predicted octanol–water partition coefficient (Wildman–Crippen LogP) is 3.12. The van der Waals surface area contributed by atoms with Gasteiger partial charge in [-0.2, -0.15) is 5.10 Å². The highest BCUT2D eigenvalue weighted by Gasteiger charge is 2.34. The van der Waals surface area contributed by atoms with Crippen molar-refractivity contribution in [3.63, 3.8) is 0 Å². The van der Waals surface area contributed by atoms with E-state index in [1.807, 2.05) is 35.0 Å². The molecule has 0 atom stereocenters. The Labute approximate surface area is 152 Å². The smallest absolute Gasteiger partial charge is 0.306 e. The molecule has 1 aromatic carbocycles. The van der Waals surface area contributed by atoms with E-state index < -0.39 is 5.97 Å². The van der Waals surface area contributed by atoms with Crippen LogP contribution in [0.25, 0.3) is 5.69 Å². The summed E-state index contributed by atoms with van der Waals surface area (Å²) in [7, 11) is 0. The van der Waals surface area contributed by atoms with Gasteiger partial charge < -0.3 is 10.4 Å². The number of carboxylic acids is 1. The second kappa shape index (κ2) is 6.94. The van der Waals surface area contributed by atoms with Gasteiger partial charge in [0, 0.05) is 12.0 Å². The Morgan fingerprint density at radius 3 is 2.35 bits per heavy atom. The van der Waals surface area contributed by atoms with Gasteiger partial charge in [0.05, 0.1) is 29.1 Å². The molecule has 0 bridgehead atoms. The molecule has 2 aliphatic carbocycles. The van der Waals surface area contributed by atoms with Crippen molar-refractivity contribution in [3.8, 4) is 5.69 Å². The van der Waals surface area contributed by atoms with Crippen LogP contribution in [0.5, 0.6) is 0 Å². The zero-order chi connectivity index (χ0) is 18.1. The van der Waals surface area contributed by atoms with Crippen LogP contribution in [0.3, 0.4) is 0 Å². The third-order valence-electron chi connectivity index (χ3n) is 5.43. The number of carboxylic acid groups (broad SMARTS) is 1. The zero-order valence-electron chi connectivity index (χ0n) is 14.6. The minimum Gasteiger partial charge on any atom is -0.481 e. The fourth-order valence-electron chi connectivity index (χ4n) is 3.81. The standard InChI is InChI=1S/C20H23N3O3/c24-19(22-15-10-8-14(9-11-15)20(25)26)17-12-21-23(18(17)13-6-7-13)16-4-2-1-3-5-16/h1-5,12-15H,6-11H2,(H,22,24)(H,25,26). The number of rotatable bonds is 5. The van der Waals surface area contributed by atoms with Crippen molar-refractivity contribution in [1.82, 2.24) is 15.1 Å². The van der Waals surface area contributed by atoms with Crippen LogP contribution < -0.4 is 5.32 Å². The minimum atomic E-state index is -0.727. The third-order valence-corrected chi connectivity index (χ3v) is 5.43. The number of nitrogens with one attached hydrogen (secondary N) is 1. The maximum Gasteiger partial charge on any atom is 0.306 e. The van der Waals surface area contributed by atoms with Crippen LogP contribution >= 0.6 is 0 Å². The summed E-state index contributed by atoms with van der Waals surface area (Å²) < 4.78 is 1.88. The van der Waals surface area contributed by atoms with Crippen molar-refractivity contribution in [2.45, 2.75) is 50.5 Å². The average molecular weight is 353 g/mol. The van der Waals surface area contributed by atoms with Gasteiger partial charge in [0.15, 0.2) is 0 Å². The number of aromatic nitrogens is 2. The van der Waals surface area contributed by atoms with E-state index in [2.05, 4.69) is 10.4 Å². The Bertz CT molecular complexity index is 803. The number of hydrogen-bond acceptors (Lipinski definition) is 3. The van der Waals surface area contributed by atoms with Crippen LogP contribution in [0.15, 0.2) is 36.5 Å². The van der Waals surface area contributed by atoms with Gasteiger partial charge in [0.25, 0.3) is 5.91 Å². The fraction of sp³-hybridized carbons (Fsp3) is 0.450. The molecule has 2 aliphatic rings. The lowest BCUT2D eigenvalue weighted by molar-refractivity contribution is -0.142. The number of carbonyl (C=O) groups excluding carboxylic acids is 1. The molecule has 4 rings (SSSR count).